The van der Waals surface area contributed by atoms with E-state index in [1.807, 2.05) is 24.0 Å². The molecule has 2 saturated heterocycles. The fourth-order valence-electron chi connectivity index (χ4n) is 3.50. The number of furan rings is 1. The molecule has 134 valence electrons. The molecule has 0 spiro atoms. The largest absolute Gasteiger partial charge is 0.466 e. The van der Waals surface area contributed by atoms with Crippen molar-refractivity contribution in [3.8, 4) is 0 Å². The Morgan fingerprint density at radius 3 is 2.83 bits per heavy atom. The zero-order chi connectivity index (χ0) is 16.8. The van der Waals surface area contributed by atoms with Crippen molar-refractivity contribution in [1.29, 1.82) is 0 Å². The molecular weight excluding hydrogens is 308 g/mol. The minimum Gasteiger partial charge on any atom is -0.466 e. The van der Waals surface area contributed by atoms with Crippen LogP contribution in [0, 0.1) is 12.8 Å². The Morgan fingerprint density at radius 1 is 1.25 bits per heavy atom. The standard InChI is InChI=1S/C18H28N2O4/c1-14-2-3-17(24-14)4-7-19-18(21)20-8-11-23-13-16(20)12-15-5-9-22-10-6-15/h2-3,15-16H,4-13H2,1H3,(H,19,21). The predicted octanol–water partition coefficient (Wildman–Crippen LogP) is 2.36. The van der Waals surface area contributed by atoms with Crippen molar-refractivity contribution in [2.24, 2.45) is 5.92 Å². The highest BCUT2D eigenvalue weighted by atomic mass is 16.5. The molecule has 2 aliphatic rings. The summed E-state index contributed by atoms with van der Waals surface area (Å²) in [6, 6.07) is 4.10. The van der Waals surface area contributed by atoms with Gasteiger partial charge in [0.2, 0.25) is 0 Å². The van der Waals surface area contributed by atoms with Crippen molar-refractivity contribution in [2.45, 2.75) is 38.6 Å². The van der Waals surface area contributed by atoms with Crippen LogP contribution in [0.5, 0.6) is 0 Å². The van der Waals surface area contributed by atoms with Gasteiger partial charge < -0.3 is 24.1 Å². The van der Waals surface area contributed by atoms with E-state index in [2.05, 4.69) is 5.32 Å². The van der Waals surface area contributed by atoms with Gasteiger partial charge in [0.25, 0.3) is 0 Å². The number of carbonyl (C=O) groups excluding carboxylic acids is 1. The molecule has 3 heterocycles. The maximum atomic E-state index is 12.5. The van der Waals surface area contributed by atoms with Gasteiger partial charge in [-0.15, -0.1) is 0 Å². The van der Waals surface area contributed by atoms with Crippen molar-refractivity contribution in [2.75, 3.05) is 39.5 Å². The van der Waals surface area contributed by atoms with Crippen LogP contribution in [0.2, 0.25) is 0 Å². The van der Waals surface area contributed by atoms with E-state index in [1.165, 1.54) is 0 Å². The van der Waals surface area contributed by atoms with Crippen LogP contribution in [0.3, 0.4) is 0 Å². The molecule has 6 nitrogen and oxygen atoms in total. The molecular formula is C18H28N2O4. The van der Waals surface area contributed by atoms with Gasteiger partial charge in [0.05, 0.1) is 19.3 Å². The van der Waals surface area contributed by atoms with E-state index in [0.717, 1.165) is 44.0 Å². The lowest BCUT2D eigenvalue weighted by Gasteiger charge is -2.38. The molecule has 1 N–H and O–H groups in total. The molecule has 2 amide bonds. The number of aryl methyl sites for hydroxylation is 1. The third kappa shape index (κ3) is 4.74. The molecule has 24 heavy (non-hydrogen) atoms. The van der Waals surface area contributed by atoms with Crippen LogP contribution >= 0.6 is 0 Å². The zero-order valence-corrected chi connectivity index (χ0v) is 14.5. The van der Waals surface area contributed by atoms with Crippen molar-refractivity contribution in [3.05, 3.63) is 23.7 Å². The number of ether oxygens (including phenoxy) is 2. The molecule has 3 rings (SSSR count). The lowest BCUT2D eigenvalue weighted by Crippen LogP contribution is -2.53. The van der Waals surface area contributed by atoms with Crippen LogP contribution in [-0.4, -0.2) is 56.5 Å². The highest BCUT2D eigenvalue weighted by Gasteiger charge is 2.30. The summed E-state index contributed by atoms with van der Waals surface area (Å²) in [5.74, 6) is 2.45. The Balaban J connectivity index is 1.47. The number of nitrogens with zero attached hydrogens (tertiary/aromatic N) is 1. The summed E-state index contributed by atoms with van der Waals surface area (Å²) in [5, 5.41) is 3.02. The number of urea groups is 1. The molecule has 0 bridgehead atoms. The number of amides is 2. The third-order valence-electron chi connectivity index (χ3n) is 4.88. The molecule has 0 saturated carbocycles. The van der Waals surface area contributed by atoms with Gasteiger partial charge in [-0.25, -0.2) is 4.79 Å². The van der Waals surface area contributed by atoms with E-state index in [0.29, 0.717) is 38.6 Å². The van der Waals surface area contributed by atoms with Crippen LogP contribution < -0.4 is 5.32 Å². The topological polar surface area (TPSA) is 63.9 Å². The fraction of sp³-hybridized carbons (Fsp3) is 0.722. The molecule has 1 atom stereocenters. The number of rotatable bonds is 5. The van der Waals surface area contributed by atoms with E-state index in [4.69, 9.17) is 13.9 Å². The van der Waals surface area contributed by atoms with E-state index in [9.17, 15) is 4.79 Å². The molecule has 0 aliphatic carbocycles. The molecule has 0 radical (unpaired) electrons. The van der Waals surface area contributed by atoms with Crippen LogP contribution in [-0.2, 0) is 15.9 Å². The van der Waals surface area contributed by atoms with Crippen LogP contribution in [0.1, 0.15) is 30.8 Å². The minimum absolute atomic E-state index is 0.0126. The molecule has 2 aliphatic heterocycles. The van der Waals surface area contributed by atoms with Gasteiger partial charge in [-0.1, -0.05) is 0 Å². The van der Waals surface area contributed by atoms with E-state index >= 15 is 0 Å². The van der Waals surface area contributed by atoms with Gasteiger partial charge in [0.15, 0.2) is 0 Å². The lowest BCUT2D eigenvalue weighted by atomic mass is 9.92. The number of hydrogen-bond donors (Lipinski definition) is 1. The second-order valence-corrected chi connectivity index (χ2v) is 6.71. The summed E-state index contributed by atoms with van der Waals surface area (Å²) in [7, 11) is 0. The van der Waals surface area contributed by atoms with Gasteiger partial charge >= 0.3 is 6.03 Å². The second kappa shape index (κ2) is 8.53. The Hall–Kier alpha value is -1.53. The first-order valence-corrected chi connectivity index (χ1v) is 8.97. The van der Waals surface area contributed by atoms with Crippen molar-refractivity contribution >= 4 is 6.03 Å². The minimum atomic E-state index is 0.0126. The first-order valence-electron chi connectivity index (χ1n) is 8.97. The number of nitrogens with one attached hydrogen (secondary N) is 1. The zero-order valence-electron chi connectivity index (χ0n) is 14.5. The monoisotopic (exact) mass is 336 g/mol. The highest BCUT2D eigenvalue weighted by molar-refractivity contribution is 5.74. The van der Waals surface area contributed by atoms with Gasteiger partial charge in [-0.2, -0.15) is 0 Å². The van der Waals surface area contributed by atoms with Crippen LogP contribution in [0.4, 0.5) is 4.79 Å². The Bertz CT molecular complexity index is 525. The van der Waals surface area contributed by atoms with Crippen molar-refractivity contribution < 1.29 is 18.7 Å². The number of carbonyl (C=O) groups is 1. The lowest BCUT2D eigenvalue weighted by molar-refractivity contribution is -0.00740. The molecule has 2 fully saturated rings. The first-order chi connectivity index (χ1) is 11.7. The van der Waals surface area contributed by atoms with Crippen LogP contribution in [0.25, 0.3) is 0 Å². The number of morpholine rings is 1. The third-order valence-corrected chi connectivity index (χ3v) is 4.88. The Labute approximate surface area is 143 Å². The van der Waals surface area contributed by atoms with Gasteiger partial charge in [-0.05, 0) is 44.2 Å². The Kier molecular flexibility index (Phi) is 6.15. The summed E-state index contributed by atoms with van der Waals surface area (Å²) in [5.41, 5.74) is 0. The normalized spacial score (nSPS) is 22.5. The summed E-state index contributed by atoms with van der Waals surface area (Å²) in [4.78, 5) is 14.5. The Morgan fingerprint density at radius 2 is 2.08 bits per heavy atom. The molecule has 6 heteroatoms. The maximum Gasteiger partial charge on any atom is 0.317 e. The first kappa shape index (κ1) is 17.3. The predicted molar refractivity (Wildman–Crippen MR) is 90.0 cm³/mol. The maximum absolute atomic E-state index is 12.5. The molecule has 1 aromatic rings. The SMILES string of the molecule is Cc1ccc(CCNC(=O)N2CCOCC2CC2CCOCC2)o1. The van der Waals surface area contributed by atoms with E-state index in [1.54, 1.807) is 0 Å². The van der Waals surface area contributed by atoms with Crippen molar-refractivity contribution in [3.63, 3.8) is 0 Å². The summed E-state index contributed by atoms with van der Waals surface area (Å²) in [6.45, 7) is 6.13. The average molecular weight is 336 g/mol. The average Bonchev–Trinajstić information content (AvgIpc) is 3.01. The van der Waals surface area contributed by atoms with Gasteiger partial charge in [0, 0.05) is 32.7 Å². The van der Waals surface area contributed by atoms with E-state index < -0.39 is 0 Å². The van der Waals surface area contributed by atoms with Crippen LogP contribution in [0.15, 0.2) is 16.5 Å². The summed E-state index contributed by atoms with van der Waals surface area (Å²) in [6.07, 6.45) is 3.90. The van der Waals surface area contributed by atoms with E-state index in [-0.39, 0.29) is 12.1 Å². The summed E-state index contributed by atoms with van der Waals surface area (Å²) < 4.78 is 16.6. The second-order valence-electron chi connectivity index (χ2n) is 6.71. The quantitative estimate of drug-likeness (QED) is 0.896. The van der Waals surface area contributed by atoms with Crippen molar-refractivity contribution in [1.82, 2.24) is 10.2 Å². The molecule has 1 aromatic heterocycles. The molecule has 1 unspecified atom stereocenters. The smallest absolute Gasteiger partial charge is 0.317 e. The highest BCUT2D eigenvalue weighted by Crippen LogP contribution is 2.24. The number of hydrogen-bond acceptors (Lipinski definition) is 4. The van der Waals surface area contributed by atoms with Gasteiger partial charge in [-0.3, -0.25) is 0 Å². The fourth-order valence-corrected chi connectivity index (χ4v) is 3.50. The van der Waals surface area contributed by atoms with Gasteiger partial charge in [0.1, 0.15) is 11.5 Å². The molecule has 0 aromatic carbocycles. The summed E-state index contributed by atoms with van der Waals surface area (Å²) >= 11 is 0.